The van der Waals surface area contributed by atoms with Crippen LogP contribution in [-0.2, 0) is 16.1 Å². The van der Waals surface area contributed by atoms with Crippen LogP contribution in [0.3, 0.4) is 0 Å². The predicted octanol–water partition coefficient (Wildman–Crippen LogP) is 0.549. The van der Waals surface area contributed by atoms with Crippen molar-refractivity contribution in [3.8, 4) is 17.2 Å². The van der Waals surface area contributed by atoms with Crippen LogP contribution < -0.4 is 19.9 Å². The van der Waals surface area contributed by atoms with E-state index in [0.29, 0.717) is 50.0 Å². The van der Waals surface area contributed by atoms with Crippen molar-refractivity contribution in [1.82, 2.24) is 9.80 Å². The van der Waals surface area contributed by atoms with E-state index in [1.807, 2.05) is 12.1 Å². The molecule has 0 saturated carbocycles. The van der Waals surface area contributed by atoms with E-state index in [4.69, 9.17) is 25.1 Å². The smallest absolute Gasteiger partial charge is 0.303 e. The molecule has 0 radical (unpaired) electrons. The SMILES string of the molecule is COc1ccc(CN2CCN(C(=O)[C@@H](N)CCC(=O)O)CC2)c(OC)c1OC. The molecule has 1 fully saturated rings. The summed E-state index contributed by atoms with van der Waals surface area (Å²) in [5.41, 5.74) is 6.81. The van der Waals surface area contributed by atoms with Gasteiger partial charge in [0.25, 0.3) is 0 Å². The van der Waals surface area contributed by atoms with Gasteiger partial charge in [-0.1, -0.05) is 6.07 Å². The first-order valence-corrected chi connectivity index (χ1v) is 9.17. The Hall–Kier alpha value is -2.52. The number of rotatable bonds is 9. The van der Waals surface area contributed by atoms with Gasteiger partial charge in [-0.2, -0.15) is 0 Å². The fourth-order valence-corrected chi connectivity index (χ4v) is 3.29. The molecule has 1 saturated heterocycles. The molecule has 1 aliphatic heterocycles. The molecule has 156 valence electrons. The number of ether oxygens (including phenoxy) is 3. The fraction of sp³-hybridized carbons (Fsp3) is 0.579. The number of nitrogens with two attached hydrogens (primary N) is 1. The Kier molecular flexibility index (Phi) is 7.89. The lowest BCUT2D eigenvalue weighted by atomic mass is 10.1. The van der Waals surface area contributed by atoms with Crippen LogP contribution in [0, 0.1) is 0 Å². The van der Waals surface area contributed by atoms with Crippen molar-refractivity contribution < 1.29 is 28.9 Å². The molecule has 0 aromatic heterocycles. The Morgan fingerprint density at radius 3 is 2.25 bits per heavy atom. The topological polar surface area (TPSA) is 115 Å². The molecular weight excluding hydrogens is 366 g/mol. The number of piperazine rings is 1. The molecule has 1 aliphatic rings. The first-order chi connectivity index (χ1) is 13.4. The lowest BCUT2D eigenvalue weighted by Gasteiger charge is -2.36. The van der Waals surface area contributed by atoms with Gasteiger partial charge in [0.15, 0.2) is 11.5 Å². The third-order valence-corrected chi connectivity index (χ3v) is 4.85. The highest BCUT2D eigenvalue weighted by Crippen LogP contribution is 2.40. The number of nitrogens with zero attached hydrogens (tertiary/aromatic N) is 2. The zero-order chi connectivity index (χ0) is 20.7. The molecule has 1 heterocycles. The van der Waals surface area contributed by atoms with Gasteiger partial charge in [0.05, 0.1) is 27.4 Å². The maximum absolute atomic E-state index is 12.4. The number of carboxylic acid groups (broad SMARTS) is 1. The lowest BCUT2D eigenvalue weighted by molar-refractivity contribution is -0.138. The van der Waals surface area contributed by atoms with Crippen LogP contribution in [0.1, 0.15) is 18.4 Å². The monoisotopic (exact) mass is 395 g/mol. The van der Waals surface area contributed by atoms with Gasteiger partial charge < -0.3 is 30.0 Å². The number of carboxylic acids is 1. The van der Waals surface area contributed by atoms with Gasteiger partial charge >= 0.3 is 5.97 Å². The first-order valence-electron chi connectivity index (χ1n) is 9.17. The maximum atomic E-state index is 12.4. The summed E-state index contributed by atoms with van der Waals surface area (Å²) < 4.78 is 16.3. The summed E-state index contributed by atoms with van der Waals surface area (Å²) in [7, 11) is 4.74. The standard InChI is InChI=1S/C19H29N3O6/c1-26-15-6-4-13(17(27-2)18(15)28-3)12-21-8-10-22(11-9-21)19(25)14(20)5-7-16(23)24/h4,6,14H,5,7-12,20H2,1-3H3,(H,23,24)/t14-/m0/s1. The second kappa shape index (κ2) is 10.1. The lowest BCUT2D eigenvalue weighted by Crippen LogP contribution is -2.52. The Morgan fingerprint density at radius 2 is 1.71 bits per heavy atom. The summed E-state index contributed by atoms with van der Waals surface area (Å²) in [6.45, 7) is 3.13. The van der Waals surface area contributed by atoms with Crippen molar-refractivity contribution in [3.63, 3.8) is 0 Å². The van der Waals surface area contributed by atoms with E-state index in [0.717, 1.165) is 5.56 Å². The fourth-order valence-electron chi connectivity index (χ4n) is 3.29. The molecule has 2 rings (SSSR count). The van der Waals surface area contributed by atoms with Gasteiger partial charge in [0.1, 0.15) is 0 Å². The van der Waals surface area contributed by atoms with Gasteiger partial charge in [-0.05, 0) is 12.5 Å². The molecule has 1 aromatic rings. The van der Waals surface area contributed by atoms with Crippen LogP contribution in [0.15, 0.2) is 12.1 Å². The molecule has 1 amide bonds. The van der Waals surface area contributed by atoms with Gasteiger partial charge in [0, 0.05) is 44.7 Å². The molecule has 9 heteroatoms. The van der Waals surface area contributed by atoms with Crippen molar-refractivity contribution in [3.05, 3.63) is 17.7 Å². The number of hydrogen-bond donors (Lipinski definition) is 2. The first kappa shape index (κ1) is 21.8. The summed E-state index contributed by atoms with van der Waals surface area (Å²) in [4.78, 5) is 26.9. The molecule has 0 unspecified atom stereocenters. The number of aliphatic carboxylic acids is 1. The molecule has 28 heavy (non-hydrogen) atoms. The molecule has 1 atom stereocenters. The van der Waals surface area contributed by atoms with Crippen LogP contribution in [0.4, 0.5) is 0 Å². The Morgan fingerprint density at radius 1 is 1.07 bits per heavy atom. The van der Waals surface area contributed by atoms with Crippen molar-refractivity contribution in [2.24, 2.45) is 5.73 Å². The van der Waals surface area contributed by atoms with E-state index in [2.05, 4.69) is 4.90 Å². The largest absolute Gasteiger partial charge is 0.493 e. The van der Waals surface area contributed by atoms with Gasteiger partial charge in [0.2, 0.25) is 11.7 Å². The third-order valence-electron chi connectivity index (χ3n) is 4.85. The summed E-state index contributed by atoms with van der Waals surface area (Å²) in [6.07, 6.45) is 0.0448. The average Bonchev–Trinajstić information content (AvgIpc) is 2.71. The highest BCUT2D eigenvalue weighted by molar-refractivity contribution is 5.82. The van der Waals surface area contributed by atoms with Crippen LogP contribution in [0.2, 0.25) is 0 Å². The van der Waals surface area contributed by atoms with E-state index in [-0.39, 0.29) is 18.7 Å². The number of benzene rings is 1. The van der Waals surface area contributed by atoms with E-state index in [1.54, 1.807) is 26.2 Å². The summed E-state index contributed by atoms with van der Waals surface area (Å²) in [5.74, 6) is 0.659. The number of carbonyl (C=O) groups is 2. The molecule has 1 aromatic carbocycles. The number of amides is 1. The van der Waals surface area contributed by atoms with Crippen molar-refractivity contribution in [2.45, 2.75) is 25.4 Å². The molecule has 0 spiro atoms. The van der Waals surface area contributed by atoms with Gasteiger partial charge in [-0.15, -0.1) is 0 Å². The van der Waals surface area contributed by atoms with E-state index in [1.165, 1.54) is 0 Å². The Bertz CT molecular complexity index is 688. The Labute approximate surface area is 164 Å². The second-order valence-corrected chi connectivity index (χ2v) is 6.63. The number of methoxy groups -OCH3 is 3. The Balaban J connectivity index is 1.95. The van der Waals surface area contributed by atoms with Gasteiger partial charge in [-0.3, -0.25) is 14.5 Å². The molecule has 0 aliphatic carbocycles. The molecule has 3 N–H and O–H groups in total. The minimum atomic E-state index is -0.947. The highest BCUT2D eigenvalue weighted by atomic mass is 16.5. The summed E-state index contributed by atoms with van der Waals surface area (Å²) in [6, 6.07) is 3.02. The van der Waals surface area contributed by atoms with E-state index < -0.39 is 12.0 Å². The van der Waals surface area contributed by atoms with E-state index >= 15 is 0 Å². The van der Waals surface area contributed by atoms with E-state index in [9.17, 15) is 9.59 Å². The van der Waals surface area contributed by atoms with Gasteiger partial charge in [-0.25, -0.2) is 0 Å². The second-order valence-electron chi connectivity index (χ2n) is 6.63. The average molecular weight is 395 g/mol. The zero-order valence-corrected chi connectivity index (χ0v) is 16.6. The predicted molar refractivity (Wildman–Crippen MR) is 103 cm³/mol. The van der Waals surface area contributed by atoms with Crippen molar-refractivity contribution in [1.29, 1.82) is 0 Å². The minimum absolute atomic E-state index is 0.105. The minimum Gasteiger partial charge on any atom is -0.493 e. The molecule has 9 nitrogen and oxygen atoms in total. The quantitative estimate of drug-likeness (QED) is 0.623. The highest BCUT2D eigenvalue weighted by Gasteiger charge is 2.26. The molecular formula is C19H29N3O6. The van der Waals surface area contributed by atoms with Crippen LogP contribution >= 0.6 is 0 Å². The van der Waals surface area contributed by atoms with Crippen LogP contribution in [0.5, 0.6) is 17.2 Å². The summed E-state index contributed by atoms with van der Waals surface area (Å²) >= 11 is 0. The van der Waals surface area contributed by atoms with Crippen molar-refractivity contribution in [2.75, 3.05) is 47.5 Å². The molecule has 0 bridgehead atoms. The number of carbonyl (C=O) groups excluding carboxylic acids is 1. The normalized spacial score (nSPS) is 15.8. The zero-order valence-electron chi connectivity index (χ0n) is 16.6. The van der Waals surface area contributed by atoms with Crippen molar-refractivity contribution >= 4 is 11.9 Å². The summed E-state index contributed by atoms with van der Waals surface area (Å²) in [5, 5.41) is 8.73. The third kappa shape index (κ3) is 5.26. The number of hydrogen-bond acceptors (Lipinski definition) is 7. The van der Waals surface area contributed by atoms with Crippen LogP contribution in [0.25, 0.3) is 0 Å². The van der Waals surface area contributed by atoms with Crippen LogP contribution in [-0.4, -0.2) is 80.3 Å². The maximum Gasteiger partial charge on any atom is 0.303 e.